The molecule has 1 saturated heterocycles. The van der Waals surface area contributed by atoms with Crippen LogP contribution in [0, 0.1) is 0 Å². The highest BCUT2D eigenvalue weighted by atomic mass is 28.4. The van der Waals surface area contributed by atoms with E-state index in [1.807, 2.05) is 0 Å². The Balaban J connectivity index is 2.36. The van der Waals surface area contributed by atoms with Crippen LogP contribution in [0.1, 0.15) is 54.4 Å². The molecule has 3 heteroatoms. The summed E-state index contributed by atoms with van der Waals surface area (Å²) in [6, 6.07) is 0. The van der Waals surface area contributed by atoms with E-state index in [2.05, 4.69) is 60.7 Å². The molecule has 2 nitrogen and oxygen atoms in total. The van der Waals surface area contributed by atoms with Crippen LogP contribution in [0.2, 0.25) is 18.1 Å². The highest BCUT2D eigenvalue weighted by molar-refractivity contribution is 6.74. The molecule has 0 radical (unpaired) electrons. The van der Waals surface area contributed by atoms with Crippen LogP contribution in [-0.4, -0.2) is 26.6 Å². The average molecular weight is 285 g/mol. The van der Waals surface area contributed by atoms with Crippen molar-refractivity contribution in [1.29, 1.82) is 0 Å². The van der Waals surface area contributed by atoms with Gasteiger partial charge in [0.2, 0.25) is 0 Å². The minimum absolute atomic E-state index is 0.0499. The summed E-state index contributed by atoms with van der Waals surface area (Å²) in [6.45, 7) is 18.7. The second-order valence-corrected chi connectivity index (χ2v) is 12.6. The van der Waals surface area contributed by atoms with Crippen molar-refractivity contribution in [2.45, 2.75) is 84.2 Å². The van der Waals surface area contributed by atoms with Crippen molar-refractivity contribution in [3.05, 3.63) is 11.6 Å². The van der Waals surface area contributed by atoms with E-state index >= 15 is 0 Å². The molecular formula is C16H32O2Si. The Morgan fingerprint density at radius 1 is 1.32 bits per heavy atom. The van der Waals surface area contributed by atoms with Gasteiger partial charge in [0.1, 0.15) is 6.10 Å². The van der Waals surface area contributed by atoms with E-state index in [0.717, 1.165) is 19.4 Å². The van der Waals surface area contributed by atoms with Gasteiger partial charge in [-0.2, -0.15) is 0 Å². The Hall–Kier alpha value is -0.123. The zero-order valence-electron chi connectivity index (χ0n) is 14.1. The smallest absolute Gasteiger partial charge is 0.192 e. The lowest BCUT2D eigenvalue weighted by Crippen LogP contribution is -2.42. The van der Waals surface area contributed by atoms with Gasteiger partial charge in [0, 0.05) is 0 Å². The van der Waals surface area contributed by atoms with Gasteiger partial charge in [-0.15, -0.1) is 0 Å². The van der Waals surface area contributed by atoms with Crippen LogP contribution in [0.5, 0.6) is 0 Å². The van der Waals surface area contributed by atoms with Crippen molar-refractivity contribution in [3.8, 4) is 0 Å². The second kappa shape index (κ2) is 5.70. The molecule has 19 heavy (non-hydrogen) atoms. The number of epoxide rings is 1. The van der Waals surface area contributed by atoms with Gasteiger partial charge >= 0.3 is 0 Å². The van der Waals surface area contributed by atoms with Crippen LogP contribution in [0.15, 0.2) is 11.6 Å². The zero-order valence-corrected chi connectivity index (χ0v) is 15.1. The van der Waals surface area contributed by atoms with Gasteiger partial charge in [0.05, 0.1) is 12.2 Å². The molecule has 1 aliphatic heterocycles. The van der Waals surface area contributed by atoms with E-state index in [1.54, 1.807) is 0 Å². The lowest BCUT2D eigenvalue weighted by molar-refractivity contribution is 0.235. The minimum Gasteiger partial charge on any atom is -0.414 e. The summed E-state index contributed by atoms with van der Waals surface area (Å²) in [5, 5.41) is 0.278. The molecule has 0 spiro atoms. The lowest BCUT2D eigenvalue weighted by atomic mass is 10.0. The van der Waals surface area contributed by atoms with E-state index in [0.29, 0.717) is 6.10 Å². The average Bonchev–Trinajstić information content (AvgIpc) is 2.84. The Morgan fingerprint density at radius 3 is 2.37 bits per heavy atom. The van der Waals surface area contributed by atoms with E-state index in [-0.39, 0.29) is 10.6 Å². The second-order valence-electron chi connectivity index (χ2n) is 7.81. The third-order valence-corrected chi connectivity index (χ3v) is 9.13. The summed E-state index contributed by atoms with van der Waals surface area (Å²) in [6.07, 6.45) is 4.80. The molecule has 0 saturated carbocycles. The first kappa shape index (κ1) is 16.9. The number of rotatable bonds is 6. The summed E-state index contributed by atoms with van der Waals surface area (Å²) >= 11 is 0. The first-order valence-corrected chi connectivity index (χ1v) is 10.3. The standard InChI is InChI=1S/C16H32O2Si/c1-13(2)10-9-11-16(6)14(18-16)12-17-19(7,8)15(3,4)5/h10,14H,9,11-12H2,1-8H3/t14-,16+/m1/s1. The molecule has 0 bridgehead atoms. The zero-order chi connectivity index (χ0) is 14.9. The van der Waals surface area contributed by atoms with E-state index < -0.39 is 8.32 Å². The van der Waals surface area contributed by atoms with Crippen LogP contribution in [0.4, 0.5) is 0 Å². The fourth-order valence-corrected chi connectivity index (χ4v) is 2.87. The fraction of sp³-hybridized carbons (Fsp3) is 0.875. The van der Waals surface area contributed by atoms with Crippen molar-refractivity contribution in [2.75, 3.05) is 6.61 Å². The summed E-state index contributed by atoms with van der Waals surface area (Å²) in [5.41, 5.74) is 1.44. The Kier molecular flexibility index (Phi) is 5.08. The normalized spacial score (nSPS) is 27.3. The maximum Gasteiger partial charge on any atom is 0.192 e. The molecule has 0 N–H and O–H groups in total. The van der Waals surface area contributed by atoms with Crippen LogP contribution < -0.4 is 0 Å². The topological polar surface area (TPSA) is 21.8 Å². The molecule has 0 aromatic rings. The van der Waals surface area contributed by atoms with Crippen LogP contribution >= 0.6 is 0 Å². The monoisotopic (exact) mass is 284 g/mol. The van der Waals surface area contributed by atoms with Crippen LogP contribution in [0.3, 0.4) is 0 Å². The predicted octanol–water partition coefficient (Wildman–Crippen LogP) is 4.91. The molecule has 1 aliphatic rings. The number of hydrogen-bond donors (Lipinski definition) is 0. The highest BCUT2D eigenvalue weighted by Crippen LogP contribution is 2.43. The highest BCUT2D eigenvalue weighted by Gasteiger charge is 2.52. The quantitative estimate of drug-likeness (QED) is 0.392. The fourth-order valence-electron chi connectivity index (χ4n) is 1.87. The van der Waals surface area contributed by atoms with Crippen LogP contribution in [0.25, 0.3) is 0 Å². The molecule has 0 aromatic heterocycles. The summed E-state index contributed by atoms with van der Waals surface area (Å²) in [7, 11) is -1.63. The van der Waals surface area contributed by atoms with Crippen molar-refractivity contribution in [1.82, 2.24) is 0 Å². The number of hydrogen-bond acceptors (Lipinski definition) is 2. The van der Waals surface area contributed by atoms with Gasteiger partial charge < -0.3 is 9.16 Å². The van der Waals surface area contributed by atoms with Crippen molar-refractivity contribution >= 4 is 8.32 Å². The molecule has 0 unspecified atom stereocenters. The SMILES string of the molecule is CC(C)=CCC[C@]1(C)O[C@@H]1CO[Si](C)(C)C(C)(C)C. The Morgan fingerprint density at radius 2 is 1.89 bits per heavy atom. The maximum atomic E-state index is 6.24. The molecule has 1 fully saturated rings. The number of allylic oxidation sites excluding steroid dienone is 2. The van der Waals surface area contributed by atoms with Crippen molar-refractivity contribution in [2.24, 2.45) is 0 Å². The molecule has 1 heterocycles. The van der Waals surface area contributed by atoms with Gasteiger partial charge in [-0.1, -0.05) is 32.4 Å². The molecule has 0 aliphatic carbocycles. The van der Waals surface area contributed by atoms with Gasteiger partial charge in [-0.25, -0.2) is 0 Å². The van der Waals surface area contributed by atoms with Gasteiger partial charge in [0.15, 0.2) is 8.32 Å². The third-order valence-electron chi connectivity index (χ3n) is 4.63. The molecule has 112 valence electrons. The largest absolute Gasteiger partial charge is 0.414 e. The lowest BCUT2D eigenvalue weighted by Gasteiger charge is -2.36. The molecule has 1 rings (SSSR count). The molecule has 0 aromatic carbocycles. The molecule has 0 amide bonds. The summed E-state index contributed by atoms with van der Waals surface area (Å²) in [4.78, 5) is 0. The van der Waals surface area contributed by atoms with Gasteiger partial charge in [0.25, 0.3) is 0 Å². The molecular weight excluding hydrogens is 252 g/mol. The first-order chi connectivity index (χ1) is 8.48. The predicted molar refractivity (Wildman–Crippen MR) is 85.1 cm³/mol. The van der Waals surface area contributed by atoms with Crippen molar-refractivity contribution in [3.63, 3.8) is 0 Å². The Bertz CT molecular complexity index is 337. The number of ether oxygens (including phenoxy) is 1. The van der Waals surface area contributed by atoms with Crippen LogP contribution in [-0.2, 0) is 9.16 Å². The van der Waals surface area contributed by atoms with E-state index in [9.17, 15) is 0 Å². The third kappa shape index (κ3) is 4.73. The molecule has 2 atom stereocenters. The minimum atomic E-state index is -1.63. The summed E-state index contributed by atoms with van der Waals surface area (Å²) < 4.78 is 12.1. The van der Waals surface area contributed by atoms with Gasteiger partial charge in [-0.05, 0) is 51.7 Å². The van der Waals surface area contributed by atoms with E-state index in [4.69, 9.17) is 9.16 Å². The Labute approximate surface area is 120 Å². The maximum absolute atomic E-state index is 6.24. The van der Waals surface area contributed by atoms with E-state index in [1.165, 1.54) is 5.57 Å². The summed E-state index contributed by atoms with van der Waals surface area (Å²) in [5.74, 6) is 0. The first-order valence-electron chi connectivity index (χ1n) is 7.43. The van der Waals surface area contributed by atoms with Gasteiger partial charge in [-0.3, -0.25) is 0 Å². The van der Waals surface area contributed by atoms with Crippen molar-refractivity contribution < 1.29 is 9.16 Å².